The van der Waals surface area contributed by atoms with E-state index in [9.17, 15) is 24.6 Å². The van der Waals surface area contributed by atoms with Gasteiger partial charge in [0, 0.05) is 28.4 Å². The monoisotopic (exact) mass is 518 g/mol. The number of rotatable bonds is 8. The first-order valence-electron chi connectivity index (χ1n) is 10.8. The predicted molar refractivity (Wildman–Crippen MR) is 136 cm³/mol. The molecule has 0 aliphatic carbocycles. The van der Waals surface area contributed by atoms with Crippen LogP contribution < -0.4 is 20.1 Å². The van der Waals surface area contributed by atoms with Crippen LogP contribution in [0.1, 0.15) is 21.5 Å². The van der Waals surface area contributed by atoms with E-state index in [0.29, 0.717) is 22.6 Å². The summed E-state index contributed by atoms with van der Waals surface area (Å²) >= 11 is 0. The summed E-state index contributed by atoms with van der Waals surface area (Å²) in [6, 6.07) is 12.7. The number of hydrogen-bond acceptors (Lipinski definition) is 9. The Morgan fingerprint density at radius 3 is 2.18 bits per heavy atom. The van der Waals surface area contributed by atoms with Gasteiger partial charge in [-0.15, -0.1) is 0 Å². The Hall–Kier alpha value is -5.57. The predicted octanol–water partition coefficient (Wildman–Crippen LogP) is 3.83. The number of nitriles is 1. The van der Waals surface area contributed by atoms with Crippen LogP contribution in [0, 0.1) is 16.7 Å². The Morgan fingerprint density at radius 2 is 1.58 bits per heavy atom. The standard InChI is InChI=1S/C26H22N4O8/c1-36-21-7-5-14(29-26(35)38-3)9-15(21)16-10-18(20(31)11-22(16)37-2)23(28)24(32)30-19-6-4-13(12-27)8-17(19)25(33)34/h4-11,28,31H,1-3H3,(H,29,35)(H,30,32)(H,33,34). The average molecular weight is 518 g/mol. The van der Waals surface area contributed by atoms with Gasteiger partial charge >= 0.3 is 12.1 Å². The van der Waals surface area contributed by atoms with Crippen LogP contribution in [-0.2, 0) is 9.53 Å². The van der Waals surface area contributed by atoms with Gasteiger partial charge in [0.2, 0.25) is 0 Å². The molecular formula is C26H22N4O8. The number of carbonyl (C=O) groups excluding carboxylic acids is 2. The van der Waals surface area contributed by atoms with Crippen LogP contribution in [0.3, 0.4) is 0 Å². The second kappa shape index (κ2) is 11.4. The highest BCUT2D eigenvalue weighted by Gasteiger charge is 2.23. The minimum Gasteiger partial charge on any atom is -0.507 e. The summed E-state index contributed by atoms with van der Waals surface area (Å²) in [6.45, 7) is 0. The summed E-state index contributed by atoms with van der Waals surface area (Å²) in [4.78, 5) is 36.2. The molecule has 0 atom stereocenters. The third-order valence-electron chi connectivity index (χ3n) is 5.36. The first kappa shape index (κ1) is 27.0. The van der Waals surface area contributed by atoms with Crippen molar-refractivity contribution in [2.45, 2.75) is 0 Å². The van der Waals surface area contributed by atoms with Gasteiger partial charge in [-0.2, -0.15) is 5.26 Å². The van der Waals surface area contributed by atoms with E-state index in [1.54, 1.807) is 18.2 Å². The summed E-state index contributed by atoms with van der Waals surface area (Å²) in [5.74, 6) is -2.32. The number of hydrogen-bond donors (Lipinski definition) is 5. The number of aromatic hydroxyl groups is 1. The van der Waals surface area contributed by atoms with Gasteiger partial charge in [0.25, 0.3) is 5.91 Å². The van der Waals surface area contributed by atoms with Gasteiger partial charge in [-0.1, -0.05) is 0 Å². The lowest BCUT2D eigenvalue weighted by Gasteiger charge is -2.17. The molecular weight excluding hydrogens is 496 g/mol. The van der Waals surface area contributed by atoms with Crippen LogP contribution in [0.15, 0.2) is 48.5 Å². The van der Waals surface area contributed by atoms with Gasteiger partial charge in [-0.3, -0.25) is 15.5 Å². The fraction of sp³-hybridized carbons (Fsp3) is 0.115. The van der Waals surface area contributed by atoms with Crippen molar-refractivity contribution in [3.05, 3.63) is 65.2 Å². The highest BCUT2D eigenvalue weighted by atomic mass is 16.5. The van der Waals surface area contributed by atoms with Crippen LogP contribution in [0.4, 0.5) is 16.2 Å². The zero-order valence-corrected chi connectivity index (χ0v) is 20.4. The van der Waals surface area contributed by atoms with Crippen molar-refractivity contribution in [2.24, 2.45) is 0 Å². The van der Waals surface area contributed by atoms with E-state index in [0.717, 1.165) is 6.07 Å². The normalized spacial score (nSPS) is 10.1. The fourth-order valence-corrected chi connectivity index (χ4v) is 3.52. The Balaban J connectivity index is 2.06. The summed E-state index contributed by atoms with van der Waals surface area (Å²) < 4.78 is 15.4. The van der Waals surface area contributed by atoms with Gasteiger partial charge in [0.15, 0.2) is 0 Å². The summed E-state index contributed by atoms with van der Waals surface area (Å²) in [5, 5.41) is 42.3. The fourth-order valence-electron chi connectivity index (χ4n) is 3.52. The van der Waals surface area contributed by atoms with Crippen LogP contribution in [-0.4, -0.2) is 55.2 Å². The van der Waals surface area contributed by atoms with Gasteiger partial charge < -0.3 is 29.7 Å². The molecule has 3 rings (SSSR count). The number of aromatic carboxylic acids is 1. The van der Waals surface area contributed by atoms with Crippen molar-refractivity contribution >= 4 is 35.1 Å². The molecule has 0 saturated heterocycles. The number of methoxy groups -OCH3 is 3. The Kier molecular flexibility index (Phi) is 8.14. The summed E-state index contributed by atoms with van der Waals surface area (Å²) in [6.07, 6.45) is -0.707. The van der Waals surface area contributed by atoms with E-state index < -0.39 is 29.4 Å². The minimum atomic E-state index is -1.38. The molecule has 194 valence electrons. The lowest BCUT2D eigenvalue weighted by molar-refractivity contribution is -0.110. The number of nitrogens with zero attached hydrogens (tertiary/aromatic N) is 1. The maximum atomic E-state index is 12.9. The van der Waals surface area contributed by atoms with Crippen molar-refractivity contribution in [1.29, 1.82) is 10.7 Å². The average Bonchev–Trinajstić information content (AvgIpc) is 2.92. The number of nitrogens with one attached hydrogen (secondary N) is 3. The second-order valence-electron chi connectivity index (χ2n) is 7.61. The maximum absolute atomic E-state index is 12.9. The number of benzene rings is 3. The Morgan fingerprint density at radius 1 is 0.895 bits per heavy atom. The lowest BCUT2D eigenvalue weighted by Crippen LogP contribution is -2.24. The molecule has 0 aliphatic rings. The number of carboxylic acids is 1. The number of amides is 2. The molecule has 0 bridgehead atoms. The van der Waals surface area contributed by atoms with Crippen LogP contribution in [0.25, 0.3) is 11.1 Å². The number of anilines is 2. The van der Waals surface area contributed by atoms with E-state index in [-0.39, 0.29) is 28.1 Å². The smallest absolute Gasteiger partial charge is 0.411 e. The Bertz CT molecular complexity index is 1490. The lowest BCUT2D eigenvalue weighted by atomic mass is 9.97. The summed E-state index contributed by atoms with van der Waals surface area (Å²) in [5.41, 5.74) is -0.231. The first-order chi connectivity index (χ1) is 18.1. The van der Waals surface area contributed by atoms with E-state index >= 15 is 0 Å². The molecule has 3 aromatic rings. The minimum absolute atomic E-state index is 0.0748. The molecule has 12 heteroatoms. The molecule has 0 saturated carbocycles. The van der Waals surface area contributed by atoms with Crippen LogP contribution >= 0.6 is 0 Å². The molecule has 0 radical (unpaired) electrons. The molecule has 0 aromatic heterocycles. The van der Waals surface area contributed by atoms with Gasteiger partial charge in [-0.25, -0.2) is 9.59 Å². The van der Waals surface area contributed by atoms with E-state index in [1.807, 2.05) is 6.07 Å². The topological polar surface area (TPSA) is 191 Å². The van der Waals surface area contributed by atoms with Crippen molar-refractivity contribution in [1.82, 2.24) is 0 Å². The summed E-state index contributed by atoms with van der Waals surface area (Å²) in [7, 11) is 3.99. The van der Waals surface area contributed by atoms with E-state index in [2.05, 4.69) is 15.4 Å². The largest absolute Gasteiger partial charge is 0.507 e. The van der Waals surface area contributed by atoms with Gasteiger partial charge in [0.05, 0.1) is 44.2 Å². The van der Waals surface area contributed by atoms with Crippen molar-refractivity contribution < 1.29 is 38.8 Å². The highest BCUT2D eigenvalue weighted by Crippen LogP contribution is 2.41. The number of phenolic OH excluding ortho intramolecular Hbond substituents is 1. The van der Waals surface area contributed by atoms with Gasteiger partial charge in [0.1, 0.15) is 23.0 Å². The first-order valence-corrected chi connectivity index (χ1v) is 10.8. The van der Waals surface area contributed by atoms with Crippen molar-refractivity contribution in [2.75, 3.05) is 32.0 Å². The molecule has 0 spiro atoms. The SMILES string of the molecule is COC(=O)Nc1ccc(OC)c(-c2cc(C(=N)C(=O)Nc3ccc(C#N)cc3C(=O)O)c(O)cc2OC)c1. The highest BCUT2D eigenvalue weighted by molar-refractivity contribution is 6.48. The number of carboxylic acid groups (broad SMARTS) is 1. The third kappa shape index (κ3) is 5.63. The van der Waals surface area contributed by atoms with Crippen LogP contribution in [0.5, 0.6) is 17.2 Å². The number of phenols is 1. The quantitative estimate of drug-likeness (QED) is 0.276. The van der Waals surface area contributed by atoms with E-state index in [4.69, 9.17) is 20.1 Å². The second-order valence-corrected chi connectivity index (χ2v) is 7.61. The van der Waals surface area contributed by atoms with Crippen LogP contribution in [0.2, 0.25) is 0 Å². The molecule has 0 heterocycles. The van der Waals surface area contributed by atoms with Crippen molar-refractivity contribution in [3.63, 3.8) is 0 Å². The molecule has 3 aromatic carbocycles. The molecule has 0 aliphatic heterocycles. The van der Waals surface area contributed by atoms with E-state index in [1.165, 1.54) is 45.6 Å². The molecule has 0 fully saturated rings. The number of ether oxygens (including phenoxy) is 3. The molecule has 38 heavy (non-hydrogen) atoms. The molecule has 2 amide bonds. The molecule has 0 unspecified atom stereocenters. The maximum Gasteiger partial charge on any atom is 0.411 e. The third-order valence-corrected chi connectivity index (χ3v) is 5.36. The number of carbonyl (C=O) groups is 3. The van der Waals surface area contributed by atoms with Gasteiger partial charge in [-0.05, 0) is 42.5 Å². The Labute approximate surface area is 216 Å². The molecule has 5 N–H and O–H groups in total. The molecule has 12 nitrogen and oxygen atoms in total. The van der Waals surface area contributed by atoms with Crippen molar-refractivity contribution in [3.8, 4) is 34.4 Å². The zero-order chi connectivity index (χ0) is 28.0. The zero-order valence-electron chi connectivity index (χ0n) is 20.4.